The first-order valence-electron chi connectivity index (χ1n) is 4.81. The summed E-state index contributed by atoms with van der Waals surface area (Å²) in [6.45, 7) is 3.00. The summed E-state index contributed by atoms with van der Waals surface area (Å²) in [7, 11) is 1.22. The van der Waals surface area contributed by atoms with E-state index in [1.807, 2.05) is 0 Å². The van der Waals surface area contributed by atoms with E-state index in [0.29, 0.717) is 0 Å². The molecule has 8 nitrogen and oxygen atoms in total. The van der Waals surface area contributed by atoms with Gasteiger partial charge in [-0.05, 0) is 25.4 Å². The minimum absolute atomic E-state index is 0.143. The highest BCUT2D eigenvalue weighted by Gasteiger charge is 2.32. The van der Waals surface area contributed by atoms with E-state index in [-0.39, 0.29) is 16.8 Å². The molecule has 0 bridgehead atoms. The number of aromatic nitrogens is 2. The number of carbonyl (C=O) groups excluding carboxylic acids is 1. The van der Waals surface area contributed by atoms with Crippen LogP contribution in [0.4, 0.5) is 11.5 Å². The maximum absolute atomic E-state index is 11.5. The zero-order valence-electron chi connectivity index (χ0n) is 9.93. The van der Waals surface area contributed by atoms with E-state index < -0.39 is 16.4 Å². The first kappa shape index (κ1) is 14.1. The van der Waals surface area contributed by atoms with Gasteiger partial charge in [0.05, 0.1) is 12.0 Å². The highest BCUT2D eigenvalue weighted by molar-refractivity contribution is 6.28. The van der Waals surface area contributed by atoms with E-state index in [1.165, 1.54) is 21.0 Å². The predicted octanol–water partition coefficient (Wildman–Crippen LogP) is 1.40. The molecule has 0 aliphatic heterocycles. The average Bonchev–Trinajstić information content (AvgIpc) is 2.26. The van der Waals surface area contributed by atoms with E-state index in [2.05, 4.69) is 20.0 Å². The fourth-order valence-corrected chi connectivity index (χ4v) is 1.32. The SMILES string of the molecule is COC(=O)C(C)(C)Nc1nc(Cl)ncc1[N+](=O)[O-]. The summed E-state index contributed by atoms with van der Waals surface area (Å²) in [5.41, 5.74) is -1.56. The van der Waals surface area contributed by atoms with Crippen molar-refractivity contribution in [2.75, 3.05) is 12.4 Å². The third-order valence-corrected chi connectivity index (χ3v) is 2.25. The summed E-state index contributed by atoms with van der Waals surface area (Å²) in [6, 6.07) is 0. The van der Waals surface area contributed by atoms with E-state index in [0.717, 1.165) is 6.20 Å². The van der Waals surface area contributed by atoms with Crippen LogP contribution in [-0.2, 0) is 9.53 Å². The third-order valence-electron chi connectivity index (χ3n) is 2.06. The lowest BCUT2D eigenvalue weighted by Crippen LogP contribution is -2.41. The fraction of sp³-hybridized carbons (Fsp3) is 0.444. The first-order chi connectivity index (χ1) is 8.27. The van der Waals surface area contributed by atoms with Gasteiger partial charge in [0.2, 0.25) is 11.1 Å². The van der Waals surface area contributed by atoms with E-state index in [4.69, 9.17) is 11.6 Å². The molecule has 0 unspecified atom stereocenters. The van der Waals surface area contributed by atoms with Gasteiger partial charge in [-0.3, -0.25) is 10.1 Å². The molecule has 0 saturated carbocycles. The zero-order valence-corrected chi connectivity index (χ0v) is 10.7. The summed E-state index contributed by atoms with van der Waals surface area (Å²) in [5.74, 6) is -0.734. The number of esters is 1. The van der Waals surface area contributed by atoms with Crippen LogP contribution in [0.5, 0.6) is 0 Å². The number of nitro groups is 1. The Balaban J connectivity index is 3.13. The van der Waals surface area contributed by atoms with Crippen molar-refractivity contribution >= 4 is 29.1 Å². The number of carbonyl (C=O) groups is 1. The van der Waals surface area contributed by atoms with Crippen molar-refractivity contribution in [2.45, 2.75) is 19.4 Å². The number of nitrogens with zero attached hydrogens (tertiary/aromatic N) is 3. The van der Waals surface area contributed by atoms with Gasteiger partial charge < -0.3 is 10.1 Å². The molecule has 0 radical (unpaired) electrons. The molecule has 0 spiro atoms. The summed E-state index contributed by atoms with van der Waals surface area (Å²) >= 11 is 5.56. The van der Waals surface area contributed by atoms with Crippen molar-refractivity contribution in [3.63, 3.8) is 0 Å². The molecule has 0 aliphatic rings. The molecule has 18 heavy (non-hydrogen) atoms. The van der Waals surface area contributed by atoms with Gasteiger partial charge in [0.25, 0.3) is 0 Å². The molecule has 9 heteroatoms. The van der Waals surface area contributed by atoms with Gasteiger partial charge in [-0.1, -0.05) is 0 Å². The number of anilines is 1. The molecule has 1 aromatic rings. The Bertz CT molecular complexity index is 491. The number of halogens is 1. The summed E-state index contributed by atoms with van der Waals surface area (Å²) < 4.78 is 4.57. The number of methoxy groups -OCH3 is 1. The maximum atomic E-state index is 11.5. The monoisotopic (exact) mass is 274 g/mol. The van der Waals surface area contributed by atoms with Crippen molar-refractivity contribution in [3.8, 4) is 0 Å². The Morgan fingerprint density at radius 1 is 1.61 bits per heavy atom. The summed E-state index contributed by atoms with van der Waals surface area (Å²) in [4.78, 5) is 28.8. The second-order valence-corrected chi connectivity index (χ2v) is 4.21. The molecule has 1 N–H and O–H groups in total. The molecule has 0 aromatic carbocycles. The molecule has 0 amide bonds. The van der Waals surface area contributed by atoms with Gasteiger partial charge in [-0.25, -0.2) is 9.78 Å². The van der Waals surface area contributed by atoms with Crippen LogP contribution >= 0.6 is 11.6 Å². The molecule has 1 aromatic heterocycles. The van der Waals surface area contributed by atoms with Crippen LogP contribution in [0.1, 0.15) is 13.8 Å². The van der Waals surface area contributed by atoms with Crippen LogP contribution in [0, 0.1) is 10.1 Å². The maximum Gasteiger partial charge on any atom is 0.330 e. The van der Waals surface area contributed by atoms with E-state index >= 15 is 0 Å². The lowest BCUT2D eigenvalue weighted by Gasteiger charge is -2.23. The molecule has 0 fully saturated rings. The van der Waals surface area contributed by atoms with Gasteiger partial charge >= 0.3 is 11.7 Å². The Kier molecular flexibility index (Phi) is 4.02. The van der Waals surface area contributed by atoms with Crippen molar-refractivity contribution in [1.29, 1.82) is 0 Å². The number of nitrogens with one attached hydrogen (secondary N) is 1. The van der Waals surface area contributed by atoms with Crippen LogP contribution in [0.15, 0.2) is 6.20 Å². The molecule has 98 valence electrons. The van der Waals surface area contributed by atoms with Gasteiger partial charge in [0.1, 0.15) is 11.7 Å². The van der Waals surface area contributed by atoms with Crippen molar-refractivity contribution < 1.29 is 14.5 Å². The Morgan fingerprint density at radius 2 is 2.22 bits per heavy atom. The normalized spacial score (nSPS) is 10.9. The minimum atomic E-state index is -1.18. The van der Waals surface area contributed by atoms with Gasteiger partial charge in [-0.15, -0.1) is 0 Å². The lowest BCUT2D eigenvalue weighted by molar-refractivity contribution is -0.384. The Labute approximate surface area is 107 Å². The second-order valence-electron chi connectivity index (χ2n) is 3.87. The molecule has 1 heterocycles. The van der Waals surface area contributed by atoms with Crippen LogP contribution in [0.2, 0.25) is 5.28 Å². The molecule has 0 atom stereocenters. The average molecular weight is 275 g/mol. The number of hydrogen-bond acceptors (Lipinski definition) is 7. The van der Waals surface area contributed by atoms with E-state index in [1.54, 1.807) is 0 Å². The molecule has 1 rings (SSSR count). The first-order valence-corrected chi connectivity index (χ1v) is 5.19. The van der Waals surface area contributed by atoms with Crippen molar-refractivity contribution in [3.05, 3.63) is 21.6 Å². The largest absolute Gasteiger partial charge is 0.467 e. The molecular weight excluding hydrogens is 264 g/mol. The Morgan fingerprint density at radius 3 is 2.72 bits per heavy atom. The fourth-order valence-electron chi connectivity index (χ4n) is 1.18. The van der Waals surface area contributed by atoms with Crippen molar-refractivity contribution in [2.24, 2.45) is 0 Å². The number of rotatable bonds is 4. The van der Waals surface area contributed by atoms with Gasteiger partial charge in [0, 0.05) is 0 Å². The highest BCUT2D eigenvalue weighted by Crippen LogP contribution is 2.25. The smallest absolute Gasteiger partial charge is 0.330 e. The highest BCUT2D eigenvalue weighted by atomic mass is 35.5. The van der Waals surface area contributed by atoms with Crippen LogP contribution in [0.25, 0.3) is 0 Å². The van der Waals surface area contributed by atoms with Crippen LogP contribution in [-0.4, -0.2) is 33.5 Å². The number of ether oxygens (including phenoxy) is 1. The van der Waals surface area contributed by atoms with Crippen molar-refractivity contribution in [1.82, 2.24) is 9.97 Å². The minimum Gasteiger partial charge on any atom is -0.467 e. The predicted molar refractivity (Wildman–Crippen MR) is 63.4 cm³/mol. The summed E-state index contributed by atoms with van der Waals surface area (Å²) in [6.07, 6.45) is 0.963. The number of hydrogen-bond donors (Lipinski definition) is 1. The quantitative estimate of drug-likeness (QED) is 0.383. The van der Waals surface area contributed by atoms with Crippen LogP contribution in [0.3, 0.4) is 0 Å². The molecular formula is C9H11ClN4O4. The van der Waals surface area contributed by atoms with Gasteiger partial charge in [0.15, 0.2) is 0 Å². The Hall–Kier alpha value is -1.96. The van der Waals surface area contributed by atoms with Gasteiger partial charge in [-0.2, -0.15) is 4.98 Å². The van der Waals surface area contributed by atoms with E-state index in [9.17, 15) is 14.9 Å². The molecule has 0 saturated heterocycles. The second kappa shape index (κ2) is 5.13. The third kappa shape index (κ3) is 3.04. The molecule has 0 aliphatic carbocycles. The summed E-state index contributed by atoms with van der Waals surface area (Å²) in [5, 5.41) is 13.2. The van der Waals surface area contributed by atoms with Crippen LogP contribution < -0.4 is 5.32 Å². The lowest BCUT2D eigenvalue weighted by atomic mass is 10.1. The zero-order chi connectivity index (χ0) is 13.9. The topological polar surface area (TPSA) is 107 Å². The standard InChI is InChI=1S/C9H11ClN4O4/c1-9(2,7(15)18-3)13-6-5(14(16)17)4-11-8(10)12-6/h4H,1-3H3,(H,11,12,13).